The van der Waals surface area contributed by atoms with Crippen LogP contribution in [-0.2, 0) is 0 Å². The lowest BCUT2D eigenvalue weighted by Gasteiger charge is -1.98. The molecule has 0 fully saturated rings. The smallest absolute Gasteiger partial charge is 0.136 e. The van der Waals surface area contributed by atoms with Crippen LogP contribution in [0.2, 0.25) is 5.02 Å². The molecule has 0 saturated heterocycles. The van der Waals surface area contributed by atoms with Gasteiger partial charge in [-0.15, -0.1) is 11.3 Å². The van der Waals surface area contributed by atoms with Crippen molar-refractivity contribution in [3.05, 3.63) is 87.4 Å². The van der Waals surface area contributed by atoms with Crippen LogP contribution >= 0.6 is 22.9 Å². The summed E-state index contributed by atoms with van der Waals surface area (Å²) < 4.78 is 5.88. The molecule has 0 N–H and O–H groups in total. The van der Waals surface area contributed by atoms with E-state index < -0.39 is 0 Å². The van der Waals surface area contributed by atoms with Gasteiger partial charge in [0.1, 0.15) is 16.5 Å². The van der Waals surface area contributed by atoms with Crippen molar-refractivity contribution >= 4 is 35.1 Å². The average molecular weight is 378 g/mol. The lowest BCUT2D eigenvalue weighted by atomic mass is 10.1. The van der Waals surface area contributed by atoms with Crippen molar-refractivity contribution in [3.8, 4) is 22.6 Å². The molecule has 0 bridgehead atoms. The first kappa shape index (κ1) is 16.8. The zero-order valence-corrected chi connectivity index (χ0v) is 15.7. The maximum atomic E-state index is 6.23. The van der Waals surface area contributed by atoms with Crippen LogP contribution in [0.3, 0.4) is 0 Å². The molecule has 2 aromatic carbocycles. The summed E-state index contributed by atoms with van der Waals surface area (Å²) in [5, 5.41) is 3.69. The SMILES string of the molecule is Cc1ccc(-c2csc(C=Cc3ccc(-c4ccccc4Cl)o3)n2)cc1. The summed E-state index contributed by atoms with van der Waals surface area (Å²) >= 11 is 7.84. The van der Waals surface area contributed by atoms with Crippen molar-refractivity contribution in [2.24, 2.45) is 0 Å². The molecule has 4 heteroatoms. The summed E-state index contributed by atoms with van der Waals surface area (Å²) in [6.45, 7) is 2.08. The summed E-state index contributed by atoms with van der Waals surface area (Å²) in [5.41, 5.74) is 4.26. The Kier molecular flexibility index (Phi) is 4.74. The molecule has 0 amide bonds. The second-order valence-corrected chi connectivity index (χ2v) is 7.25. The first-order chi connectivity index (χ1) is 12.7. The fraction of sp³-hybridized carbons (Fsp3) is 0.0455. The Morgan fingerprint density at radius 2 is 1.77 bits per heavy atom. The van der Waals surface area contributed by atoms with Gasteiger partial charge in [-0.3, -0.25) is 0 Å². The zero-order valence-electron chi connectivity index (χ0n) is 14.1. The number of aryl methyl sites for hydroxylation is 1. The predicted octanol–water partition coefficient (Wildman–Crippen LogP) is 7.20. The number of thiazole rings is 1. The Morgan fingerprint density at radius 3 is 2.58 bits per heavy atom. The molecule has 2 aromatic heterocycles. The summed E-state index contributed by atoms with van der Waals surface area (Å²) in [7, 11) is 0. The van der Waals surface area contributed by atoms with Crippen LogP contribution in [0.5, 0.6) is 0 Å². The molecule has 0 radical (unpaired) electrons. The molecule has 0 unspecified atom stereocenters. The van der Waals surface area contributed by atoms with Gasteiger partial charge in [0.25, 0.3) is 0 Å². The van der Waals surface area contributed by atoms with Crippen LogP contribution in [0.4, 0.5) is 0 Å². The molecule has 0 spiro atoms. The molecule has 2 heterocycles. The van der Waals surface area contributed by atoms with Crippen LogP contribution in [0.25, 0.3) is 34.7 Å². The highest BCUT2D eigenvalue weighted by atomic mass is 35.5. The standard InChI is InChI=1S/C22H16ClNOS/c1-15-6-8-16(9-7-15)20-14-26-22(24-20)13-11-17-10-12-21(25-17)18-4-2-3-5-19(18)23/h2-14H,1H3. The van der Waals surface area contributed by atoms with Gasteiger partial charge in [0.2, 0.25) is 0 Å². The minimum Gasteiger partial charge on any atom is -0.457 e. The predicted molar refractivity (Wildman–Crippen MR) is 110 cm³/mol. The second kappa shape index (κ2) is 7.32. The van der Waals surface area contributed by atoms with Crippen LogP contribution < -0.4 is 0 Å². The van der Waals surface area contributed by atoms with Crippen LogP contribution in [0, 0.1) is 6.92 Å². The average Bonchev–Trinajstić information content (AvgIpc) is 3.30. The summed E-state index contributed by atoms with van der Waals surface area (Å²) in [6, 6.07) is 19.9. The van der Waals surface area contributed by atoms with Gasteiger partial charge in [-0.25, -0.2) is 4.98 Å². The second-order valence-electron chi connectivity index (χ2n) is 5.95. The molecule has 0 aliphatic carbocycles. The van der Waals surface area contributed by atoms with E-state index in [1.54, 1.807) is 11.3 Å². The van der Waals surface area contributed by atoms with E-state index >= 15 is 0 Å². The Bertz CT molecular complexity index is 1060. The van der Waals surface area contributed by atoms with Crippen molar-refractivity contribution in [3.63, 3.8) is 0 Å². The molecular weight excluding hydrogens is 362 g/mol. The fourth-order valence-electron chi connectivity index (χ4n) is 2.62. The highest BCUT2D eigenvalue weighted by Gasteiger charge is 2.07. The minimum atomic E-state index is 0.681. The summed E-state index contributed by atoms with van der Waals surface area (Å²) in [6.07, 6.45) is 3.90. The topological polar surface area (TPSA) is 26.0 Å². The van der Waals surface area contributed by atoms with Gasteiger partial charge < -0.3 is 4.42 Å². The molecule has 128 valence electrons. The van der Waals surface area contributed by atoms with Crippen LogP contribution in [-0.4, -0.2) is 4.98 Å². The van der Waals surface area contributed by atoms with E-state index in [4.69, 9.17) is 16.0 Å². The number of nitrogens with zero attached hydrogens (tertiary/aromatic N) is 1. The van der Waals surface area contributed by atoms with Crippen molar-refractivity contribution < 1.29 is 4.42 Å². The third-order valence-corrected chi connectivity index (χ3v) is 5.17. The van der Waals surface area contributed by atoms with Crippen LogP contribution in [0.15, 0.2) is 70.5 Å². The van der Waals surface area contributed by atoms with Crippen molar-refractivity contribution in [1.29, 1.82) is 0 Å². The molecule has 26 heavy (non-hydrogen) atoms. The zero-order chi connectivity index (χ0) is 17.9. The number of benzene rings is 2. The quantitative estimate of drug-likeness (QED) is 0.375. The van der Waals surface area contributed by atoms with E-state index in [0.717, 1.165) is 33.3 Å². The Hall–Kier alpha value is -2.62. The van der Waals surface area contributed by atoms with Crippen molar-refractivity contribution in [2.45, 2.75) is 6.92 Å². The fourth-order valence-corrected chi connectivity index (χ4v) is 3.57. The van der Waals surface area contributed by atoms with E-state index in [-0.39, 0.29) is 0 Å². The number of hydrogen-bond donors (Lipinski definition) is 0. The lowest BCUT2D eigenvalue weighted by molar-refractivity contribution is 0.572. The Labute approximate surface area is 161 Å². The van der Waals surface area contributed by atoms with Gasteiger partial charge in [0, 0.05) is 16.5 Å². The molecule has 0 saturated carbocycles. The molecule has 4 rings (SSSR count). The Morgan fingerprint density at radius 1 is 0.962 bits per heavy atom. The number of aromatic nitrogens is 1. The molecule has 4 aromatic rings. The summed E-state index contributed by atoms with van der Waals surface area (Å²) in [5.74, 6) is 1.53. The van der Waals surface area contributed by atoms with Gasteiger partial charge in [0.05, 0.1) is 10.7 Å². The van der Waals surface area contributed by atoms with Crippen molar-refractivity contribution in [1.82, 2.24) is 4.98 Å². The van der Waals surface area contributed by atoms with Gasteiger partial charge in [0.15, 0.2) is 0 Å². The van der Waals surface area contributed by atoms with E-state index in [0.29, 0.717) is 5.02 Å². The molecule has 0 aliphatic rings. The Balaban J connectivity index is 1.52. The van der Waals surface area contributed by atoms with E-state index in [1.165, 1.54) is 5.56 Å². The first-order valence-corrected chi connectivity index (χ1v) is 9.50. The minimum absolute atomic E-state index is 0.681. The highest BCUT2D eigenvalue weighted by Crippen LogP contribution is 2.30. The lowest BCUT2D eigenvalue weighted by Crippen LogP contribution is -1.78. The number of hydrogen-bond acceptors (Lipinski definition) is 3. The molecule has 0 aliphatic heterocycles. The molecular formula is C22H16ClNOS. The largest absolute Gasteiger partial charge is 0.457 e. The molecule has 0 atom stereocenters. The normalized spacial score (nSPS) is 11.3. The van der Waals surface area contributed by atoms with Crippen LogP contribution in [0.1, 0.15) is 16.3 Å². The van der Waals surface area contributed by atoms with Gasteiger partial charge in [-0.1, -0.05) is 53.6 Å². The van der Waals surface area contributed by atoms with Gasteiger partial charge >= 0.3 is 0 Å². The van der Waals surface area contributed by atoms with Gasteiger partial charge in [-0.2, -0.15) is 0 Å². The van der Waals surface area contributed by atoms with E-state index in [2.05, 4.69) is 41.6 Å². The third-order valence-electron chi connectivity index (χ3n) is 4.03. The summed E-state index contributed by atoms with van der Waals surface area (Å²) in [4.78, 5) is 4.67. The maximum absolute atomic E-state index is 6.23. The monoisotopic (exact) mass is 377 g/mol. The third kappa shape index (κ3) is 3.64. The van der Waals surface area contributed by atoms with Crippen molar-refractivity contribution in [2.75, 3.05) is 0 Å². The molecule has 2 nitrogen and oxygen atoms in total. The maximum Gasteiger partial charge on any atom is 0.136 e. The van der Waals surface area contributed by atoms with E-state index in [9.17, 15) is 0 Å². The first-order valence-electron chi connectivity index (χ1n) is 8.24. The number of halogens is 1. The van der Waals surface area contributed by atoms with E-state index in [1.807, 2.05) is 48.6 Å². The number of furan rings is 1. The number of rotatable bonds is 4. The highest BCUT2D eigenvalue weighted by molar-refractivity contribution is 7.10. The van der Waals surface area contributed by atoms with Gasteiger partial charge in [-0.05, 0) is 43.3 Å².